The summed E-state index contributed by atoms with van der Waals surface area (Å²) in [6, 6.07) is 3.52. The second-order valence-corrected chi connectivity index (χ2v) is 6.83. The van der Waals surface area contributed by atoms with Crippen molar-refractivity contribution in [3.05, 3.63) is 29.1 Å². The molecule has 0 unspecified atom stereocenters. The lowest BCUT2D eigenvalue weighted by atomic mass is 10.2. The van der Waals surface area contributed by atoms with E-state index in [1.54, 1.807) is 29.4 Å². The van der Waals surface area contributed by atoms with Gasteiger partial charge in [0.1, 0.15) is 10.1 Å². The van der Waals surface area contributed by atoms with Gasteiger partial charge in [0.05, 0.1) is 17.8 Å². The third-order valence-corrected chi connectivity index (χ3v) is 4.94. The summed E-state index contributed by atoms with van der Waals surface area (Å²) in [6.45, 7) is 3.12. The van der Waals surface area contributed by atoms with E-state index in [1.165, 1.54) is 16.7 Å². The van der Waals surface area contributed by atoms with Crippen molar-refractivity contribution in [3.63, 3.8) is 0 Å². The van der Waals surface area contributed by atoms with Crippen molar-refractivity contribution in [3.8, 4) is 0 Å². The standard InChI is InChI=1S/C16H20N2O4S2/c1-2-17(8-9-19)14(20)6-3-7-18-15(21)13(24-16(18)23)11-12-5-4-10-22-12/h4-5,10-11,19H,2-3,6-9H2,1H3. The highest BCUT2D eigenvalue weighted by Gasteiger charge is 2.32. The van der Waals surface area contributed by atoms with E-state index in [2.05, 4.69) is 0 Å². The lowest BCUT2D eigenvalue weighted by Gasteiger charge is -2.20. The van der Waals surface area contributed by atoms with Gasteiger partial charge in [-0.15, -0.1) is 0 Å². The molecule has 2 amide bonds. The molecule has 6 nitrogen and oxygen atoms in total. The number of carbonyl (C=O) groups excluding carboxylic acids is 2. The molecule has 0 bridgehead atoms. The molecule has 1 aromatic heterocycles. The predicted molar refractivity (Wildman–Crippen MR) is 97.2 cm³/mol. The van der Waals surface area contributed by atoms with Gasteiger partial charge in [-0.25, -0.2) is 0 Å². The maximum Gasteiger partial charge on any atom is 0.266 e. The van der Waals surface area contributed by atoms with Crippen LogP contribution in [0.1, 0.15) is 25.5 Å². The quantitative estimate of drug-likeness (QED) is 0.560. The van der Waals surface area contributed by atoms with Crippen molar-refractivity contribution in [2.24, 2.45) is 0 Å². The third-order valence-electron chi connectivity index (χ3n) is 3.57. The summed E-state index contributed by atoms with van der Waals surface area (Å²) < 4.78 is 5.71. The summed E-state index contributed by atoms with van der Waals surface area (Å²) in [5.41, 5.74) is 0. The number of hydrogen-bond donors (Lipinski definition) is 1. The summed E-state index contributed by atoms with van der Waals surface area (Å²) in [7, 11) is 0. The molecule has 0 atom stereocenters. The Morgan fingerprint density at radius 3 is 2.96 bits per heavy atom. The van der Waals surface area contributed by atoms with Crippen LogP contribution in [0.4, 0.5) is 0 Å². The van der Waals surface area contributed by atoms with Gasteiger partial charge in [-0.2, -0.15) is 0 Å². The number of aliphatic hydroxyl groups is 1. The molecular formula is C16H20N2O4S2. The largest absolute Gasteiger partial charge is 0.465 e. The molecule has 130 valence electrons. The summed E-state index contributed by atoms with van der Waals surface area (Å²) >= 11 is 6.49. The van der Waals surface area contributed by atoms with E-state index in [0.29, 0.717) is 47.5 Å². The van der Waals surface area contributed by atoms with E-state index >= 15 is 0 Å². The van der Waals surface area contributed by atoms with Crippen LogP contribution in [0.2, 0.25) is 0 Å². The van der Waals surface area contributed by atoms with Crippen LogP contribution in [-0.4, -0.2) is 57.3 Å². The number of aliphatic hydroxyl groups excluding tert-OH is 1. The summed E-state index contributed by atoms with van der Waals surface area (Å²) in [5, 5.41) is 8.94. The van der Waals surface area contributed by atoms with Crippen LogP contribution < -0.4 is 0 Å². The molecule has 0 saturated carbocycles. The molecule has 1 N–H and O–H groups in total. The summed E-state index contributed by atoms with van der Waals surface area (Å²) in [6.07, 6.45) is 4.07. The molecule has 0 spiro atoms. The zero-order chi connectivity index (χ0) is 17.5. The smallest absolute Gasteiger partial charge is 0.266 e. The molecule has 1 aromatic rings. The van der Waals surface area contributed by atoms with E-state index < -0.39 is 0 Å². The van der Waals surface area contributed by atoms with Gasteiger partial charge in [0, 0.05) is 32.1 Å². The number of thioether (sulfide) groups is 1. The van der Waals surface area contributed by atoms with Crippen LogP contribution in [0.5, 0.6) is 0 Å². The minimum Gasteiger partial charge on any atom is -0.465 e. The fraction of sp³-hybridized carbons (Fsp3) is 0.438. The second kappa shape index (κ2) is 9.00. The Bertz CT molecular complexity index is 628. The Kier molecular flexibility index (Phi) is 7.01. The molecule has 1 fully saturated rings. The summed E-state index contributed by atoms with van der Waals surface area (Å²) in [4.78, 5) is 28.1. The minimum absolute atomic E-state index is 0.0249. The lowest BCUT2D eigenvalue weighted by Crippen LogP contribution is -2.34. The average molecular weight is 368 g/mol. The number of carbonyl (C=O) groups is 2. The van der Waals surface area contributed by atoms with Gasteiger partial charge in [-0.05, 0) is 25.5 Å². The van der Waals surface area contributed by atoms with Crippen molar-refractivity contribution in [2.75, 3.05) is 26.2 Å². The summed E-state index contributed by atoms with van der Waals surface area (Å²) in [5.74, 6) is 0.424. The van der Waals surface area contributed by atoms with Crippen molar-refractivity contribution in [1.29, 1.82) is 0 Å². The van der Waals surface area contributed by atoms with Crippen LogP contribution in [0.15, 0.2) is 27.7 Å². The van der Waals surface area contributed by atoms with Crippen LogP contribution in [-0.2, 0) is 9.59 Å². The number of rotatable bonds is 8. The first-order valence-corrected chi connectivity index (χ1v) is 8.96. The first kappa shape index (κ1) is 18.7. The molecule has 1 saturated heterocycles. The number of nitrogens with zero attached hydrogens (tertiary/aromatic N) is 2. The Morgan fingerprint density at radius 2 is 2.33 bits per heavy atom. The van der Waals surface area contributed by atoms with Crippen molar-refractivity contribution < 1.29 is 19.1 Å². The normalized spacial score (nSPS) is 16.2. The monoisotopic (exact) mass is 368 g/mol. The van der Waals surface area contributed by atoms with Crippen LogP contribution >= 0.6 is 24.0 Å². The van der Waals surface area contributed by atoms with Crippen molar-refractivity contribution in [1.82, 2.24) is 9.80 Å². The van der Waals surface area contributed by atoms with E-state index in [4.69, 9.17) is 21.7 Å². The highest BCUT2D eigenvalue weighted by molar-refractivity contribution is 8.26. The number of hydrogen-bond acceptors (Lipinski definition) is 6. The number of amides is 2. The van der Waals surface area contributed by atoms with Gasteiger partial charge in [-0.1, -0.05) is 24.0 Å². The molecule has 24 heavy (non-hydrogen) atoms. The van der Waals surface area contributed by atoms with Crippen molar-refractivity contribution in [2.45, 2.75) is 19.8 Å². The topological polar surface area (TPSA) is 74.0 Å². The van der Waals surface area contributed by atoms with Crippen LogP contribution in [0, 0.1) is 0 Å². The number of likely N-dealkylation sites (N-methyl/N-ethyl adjacent to an activating group) is 1. The fourth-order valence-corrected chi connectivity index (χ4v) is 3.61. The van der Waals surface area contributed by atoms with Gasteiger partial charge < -0.3 is 14.4 Å². The van der Waals surface area contributed by atoms with E-state index in [-0.39, 0.29) is 18.4 Å². The third kappa shape index (κ3) is 4.68. The zero-order valence-electron chi connectivity index (χ0n) is 13.4. The first-order valence-electron chi connectivity index (χ1n) is 7.74. The molecule has 2 heterocycles. The Labute approximate surface area is 150 Å². The maximum atomic E-state index is 12.4. The van der Waals surface area contributed by atoms with Gasteiger partial charge in [0.2, 0.25) is 5.91 Å². The van der Waals surface area contributed by atoms with Gasteiger partial charge >= 0.3 is 0 Å². The Balaban J connectivity index is 1.88. The molecule has 1 aliphatic rings. The molecule has 0 radical (unpaired) electrons. The molecular weight excluding hydrogens is 348 g/mol. The highest BCUT2D eigenvalue weighted by Crippen LogP contribution is 2.32. The van der Waals surface area contributed by atoms with Gasteiger partial charge in [0.15, 0.2) is 0 Å². The Hall–Kier alpha value is -1.64. The average Bonchev–Trinajstić information content (AvgIpc) is 3.16. The molecule has 0 aliphatic carbocycles. The predicted octanol–water partition coefficient (Wildman–Crippen LogP) is 2.10. The fourth-order valence-electron chi connectivity index (χ4n) is 2.32. The van der Waals surface area contributed by atoms with E-state index in [1.807, 2.05) is 6.92 Å². The van der Waals surface area contributed by atoms with Crippen molar-refractivity contribution >= 4 is 46.2 Å². The first-order chi connectivity index (χ1) is 11.6. The molecule has 2 rings (SSSR count). The minimum atomic E-state index is -0.156. The van der Waals surface area contributed by atoms with Gasteiger partial charge in [0.25, 0.3) is 5.91 Å². The van der Waals surface area contributed by atoms with Crippen LogP contribution in [0.25, 0.3) is 6.08 Å². The Morgan fingerprint density at radius 1 is 1.54 bits per heavy atom. The maximum absolute atomic E-state index is 12.4. The van der Waals surface area contributed by atoms with Crippen LogP contribution in [0.3, 0.4) is 0 Å². The number of furan rings is 1. The molecule has 8 heteroatoms. The highest BCUT2D eigenvalue weighted by atomic mass is 32.2. The molecule has 0 aromatic carbocycles. The lowest BCUT2D eigenvalue weighted by molar-refractivity contribution is -0.132. The molecule has 1 aliphatic heterocycles. The number of thiocarbonyl (C=S) groups is 1. The van der Waals surface area contributed by atoms with E-state index in [0.717, 1.165) is 0 Å². The van der Waals surface area contributed by atoms with E-state index in [9.17, 15) is 9.59 Å². The zero-order valence-corrected chi connectivity index (χ0v) is 15.1. The SMILES string of the molecule is CCN(CCO)C(=O)CCCN1C(=O)C(=Cc2ccco2)SC1=S. The second-order valence-electron chi connectivity index (χ2n) is 5.15. The van der Waals surface area contributed by atoms with Gasteiger partial charge in [-0.3, -0.25) is 14.5 Å².